The zero-order valence-electron chi connectivity index (χ0n) is 20.5. The Morgan fingerprint density at radius 2 is 1.69 bits per heavy atom. The zero-order chi connectivity index (χ0) is 23.9. The van der Waals surface area contributed by atoms with Gasteiger partial charge in [-0.1, -0.05) is 44.2 Å². The van der Waals surface area contributed by atoms with Crippen molar-refractivity contribution in [2.24, 2.45) is 0 Å². The van der Waals surface area contributed by atoms with E-state index >= 15 is 0 Å². The van der Waals surface area contributed by atoms with Crippen molar-refractivity contribution < 1.29 is 4.74 Å². The van der Waals surface area contributed by atoms with Crippen molar-refractivity contribution in [1.82, 2.24) is 25.1 Å². The Hall–Kier alpha value is -3.48. The molecule has 0 bridgehead atoms. The van der Waals surface area contributed by atoms with Gasteiger partial charge in [0, 0.05) is 47.2 Å². The summed E-state index contributed by atoms with van der Waals surface area (Å²) in [6.07, 6.45) is 3.70. The van der Waals surface area contributed by atoms with Crippen molar-refractivity contribution in [2.45, 2.75) is 32.7 Å². The maximum atomic E-state index is 5.52. The molecule has 1 fully saturated rings. The smallest absolute Gasteiger partial charge is 0.155 e. The van der Waals surface area contributed by atoms with E-state index in [0.717, 1.165) is 54.1 Å². The van der Waals surface area contributed by atoms with Crippen LogP contribution in [0.3, 0.4) is 0 Å². The number of H-pyrrole nitrogens is 2. The lowest BCUT2D eigenvalue weighted by atomic mass is 9.93. The summed E-state index contributed by atoms with van der Waals surface area (Å²) < 4.78 is 5.52. The molecule has 1 aliphatic heterocycles. The first kappa shape index (κ1) is 22.0. The van der Waals surface area contributed by atoms with E-state index in [9.17, 15) is 0 Å². The second-order valence-corrected chi connectivity index (χ2v) is 9.77. The van der Waals surface area contributed by atoms with Crippen molar-refractivity contribution in [3.63, 3.8) is 0 Å². The van der Waals surface area contributed by atoms with Gasteiger partial charge in [0.1, 0.15) is 0 Å². The number of aromatic nitrogens is 4. The van der Waals surface area contributed by atoms with Crippen LogP contribution < -0.4 is 0 Å². The Bertz CT molecular complexity index is 1470. The van der Waals surface area contributed by atoms with Crippen LogP contribution in [0.1, 0.15) is 43.9 Å². The molecule has 6 heteroatoms. The van der Waals surface area contributed by atoms with Gasteiger partial charge < -0.3 is 9.72 Å². The molecule has 1 saturated heterocycles. The summed E-state index contributed by atoms with van der Waals surface area (Å²) in [7, 11) is 0. The van der Waals surface area contributed by atoms with E-state index in [2.05, 4.69) is 94.4 Å². The van der Waals surface area contributed by atoms with Crippen molar-refractivity contribution in [1.29, 1.82) is 0 Å². The highest BCUT2D eigenvalue weighted by molar-refractivity contribution is 5.99. The maximum absolute atomic E-state index is 5.52. The second-order valence-electron chi connectivity index (χ2n) is 9.77. The third-order valence-corrected chi connectivity index (χ3v) is 7.36. The Kier molecular flexibility index (Phi) is 5.63. The molecule has 2 N–H and O–H groups in total. The van der Waals surface area contributed by atoms with Crippen LogP contribution in [0.5, 0.6) is 0 Å². The quantitative estimate of drug-likeness (QED) is 0.320. The molecule has 0 saturated carbocycles. The summed E-state index contributed by atoms with van der Waals surface area (Å²) in [5.41, 5.74) is 9.39. The van der Waals surface area contributed by atoms with Crippen LogP contribution >= 0.6 is 0 Å². The molecule has 0 radical (unpaired) electrons. The average Bonchev–Trinajstić information content (AvgIpc) is 3.53. The number of pyridine rings is 1. The van der Waals surface area contributed by atoms with Crippen LogP contribution in [0, 0.1) is 0 Å². The van der Waals surface area contributed by atoms with E-state index in [4.69, 9.17) is 4.74 Å². The van der Waals surface area contributed by atoms with Crippen LogP contribution in [0.2, 0.25) is 0 Å². The molecule has 1 unspecified atom stereocenters. The van der Waals surface area contributed by atoms with Crippen molar-refractivity contribution in [2.75, 3.05) is 26.3 Å². The SMILES string of the molecule is CC(C)c1c(-c2ccnc3[nH]ncc23)[nH]c2ccc(-c3ccc(C(C)N4CCOCC4)cc3)cc12. The lowest BCUT2D eigenvalue weighted by molar-refractivity contribution is 0.0198. The molecule has 35 heavy (non-hydrogen) atoms. The standard InChI is InChI=1S/C29H31N5O/c1-18(2)27-24-16-22(21-6-4-20(5-7-21)19(3)34-12-14-35-15-13-34)8-9-26(24)32-28(27)23-10-11-30-29-25(23)17-31-33-29/h4-11,16-19,32H,12-15H2,1-3H3,(H,30,31,33). The van der Waals surface area contributed by atoms with Gasteiger partial charge in [-0.25, -0.2) is 4.98 Å². The van der Waals surface area contributed by atoms with Gasteiger partial charge in [0.05, 0.1) is 25.1 Å². The molecule has 6 nitrogen and oxygen atoms in total. The maximum Gasteiger partial charge on any atom is 0.155 e. The number of fused-ring (bicyclic) bond motifs is 2. The minimum absolute atomic E-state index is 0.362. The molecular weight excluding hydrogens is 434 g/mol. The Labute approximate surface area is 205 Å². The minimum Gasteiger partial charge on any atom is -0.379 e. The Morgan fingerprint density at radius 3 is 2.46 bits per heavy atom. The van der Waals surface area contributed by atoms with Gasteiger partial charge in [0.25, 0.3) is 0 Å². The molecule has 0 spiro atoms. The minimum atomic E-state index is 0.362. The normalized spacial score (nSPS) is 15.9. The number of aromatic amines is 2. The van der Waals surface area contributed by atoms with E-state index < -0.39 is 0 Å². The van der Waals surface area contributed by atoms with Gasteiger partial charge in [-0.3, -0.25) is 10.00 Å². The van der Waals surface area contributed by atoms with E-state index in [0.29, 0.717) is 12.0 Å². The summed E-state index contributed by atoms with van der Waals surface area (Å²) in [5, 5.41) is 9.50. The fourth-order valence-electron chi connectivity index (χ4n) is 5.40. The van der Waals surface area contributed by atoms with Gasteiger partial charge in [0.15, 0.2) is 5.65 Å². The molecule has 2 aromatic carbocycles. The van der Waals surface area contributed by atoms with E-state index in [-0.39, 0.29) is 0 Å². The molecule has 1 aliphatic rings. The number of hydrogen-bond acceptors (Lipinski definition) is 4. The number of rotatable bonds is 5. The Balaban J connectivity index is 1.38. The predicted molar refractivity (Wildman–Crippen MR) is 142 cm³/mol. The summed E-state index contributed by atoms with van der Waals surface area (Å²) >= 11 is 0. The summed E-state index contributed by atoms with van der Waals surface area (Å²) in [5.74, 6) is 0.362. The highest BCUT2D eigenvalue weighted by atomic mass is 16.5. The van der Waals surface area contributed by atoms with Gasteiger partial charge in [0.2, 0.25) is 0 Å². The number of morpholine rings is 1. The molecule has 6 rings (SSSR count). The number of hydrogen-bond donors (Lipinski definition) is 2. The fourth-order valence-corrected chi connectivity index (χ4v) is 5.40. The lowest BCUT2D eigenvalue weighted by Crippen LogP contribution is -2.37. The van der Waals surface area contributed by atoms with Crippen LogP contribution in [0.25, 0.3) is 44.3 Å². The first-order valence-electron chi connectivity index (χ1n) is 12.5. The predicted octanol–water partition coefficient (Wildman–Crippen LogP) is 6.29. The summed E-state index contributed by atoms with van der Waals surface area (Å²) in [4.78, 5) is 10.6. The summed E-state index contributed by atoms with van der Waals surface area (Å²) in [6.45, 7) is 10.4. The van der Waals surface area contributed by atoms with Crippen LogP contribution in [0.4, 0.5) is 0 Å². The first-order valence-corrected chi connectivity index (χ1v) is 12.5. The van der Waals surface area contributed by atoms with Crippen LogP contribution in [-0.4, -0.2) is 51.4 Å². The molecule has 0 amide bonds. The van der Waals surface area contributed by atoms with E-state index in [1.165, 1.54) is 27.6 Å². The van der Waals surface area contributed by atoms with Crippen molar-refractivity contribution in [3.05, 3.63) is 72.1 Å². The Morgan fingerprint density at radius 1 is 0.914 bits per heavy atom. The van der Waals surface area contributed by atoms with Gasteiger partial charge in [-0.05, 0) is 53.3 Å². The monoisotopic (exact) mass is 465 g/mol. The van der Waals surface area contributed by atoms with Crippen molar-refractivity contribution >= 4 is 21.9 Å². The van der Waals surface area contributed by atoms with Crippen LogP contribution in [-0.2, 0) is 4.74 Å². The average molecular weight is 466 g/mol. The highest BCUT2D eigenvalue weighted by Crippen LogP contribution is 2.39. The van der Waals surface area contributed by atoms with Gasteiger partial charge in [-0.2, -0.15) is 5.10 Å². The third kappa shape index (κ3) is 3.93. The molecule has 4 heterocycles. The lowest BCUT2D eigenvalue weighted by Gasteiger charge is -2.32. The molecule has 178 valence electrons. The topological polar surface area (TPSA) is 69.8 Å². The second kappa shape index (κ2) is 8.95. The van der Waals surface area contributed by atoms with Crippen molar-refractivity contribution in [3.8, 4) is 22.4 Å². The van der Waals surface area contributed by atoms with Gasteiger partial charge in [-0.15, -0.1) is 0 Å². The molecule has 3 aromatic heterocycles. The van der Waals surface area contributed by atoms with E-state index in [1.54, 1.807) is 0 Å². The molecule has 1 atom stereocenters. The van der Waals surface area contributed by atoms with Crippen LogP contribution in [0.15, 0.2) is 60.9 Å². The number of ether oxygens (including phenoxy) is 1. The number of nitrogens with one attached hydrogen (secondary N) is 2. The summed E-state index contributed by atoms with van der Waals surface area (Å²) in [6, 6.07) is 18.3. The number of nitrogens with zero attached hydrogens (tertiary/aromatic N) is 3. The fraction of sp³-hybridized carbons (Fsp3) is 0.310. The van der Waals surface area contributed by atoms with E-state index in [1.807, 2.05) is 12.4 Å². The molecular formula is C29H31N5O. The third-order valence-electron chi connectivity index (χ3n) is 7.36. The first-order chi connectivity index (χ1) is 17.1. The molecule has 0 aliphatic carbocycles. The molecule has 5 aromatic rings. The largest absolute Gasteiger partial charge is 0.379 e. The highest BCUT2D eigenvalue weighted by Gasteiger charge is 2.20. The van der Waals surface area contributed by atoms with Gasteiger partial charge >= 0.3 is 0 Å². The zero-order valence-corrected chi connectivity index (χ0v) is 20.5. The number of benzene rings is 2.